The Hall–Kier alpha value is -2.54. The Morgan fingerprint density at radius 2 is 1.88 bits per heavy atom. The molecule has 3 rings (SSSR count). The molecule has 0 radical (unpaired) electrons. The summed E-state index contributed by atoms with van der Waals surface area (Å²) in [5.74, 6) is 0.606. The van der Waals surface area contributed by atoms with Crippen LogP contribution in [0, 0.1) is 0 Å². The number of carbonyl (C=O) groups excluding carboxylic acids is 1. The number of benzene rings is 1. The lowest BCUT2D eigenvalue weighted by Crippen LogP contribution is -2.26. The number of aromatic nitrogens is 4. The van der Waals surface area contributed by atoms with E-state index in [1.165, 1.54) is 0 Å². The summed E-state index contributed by atoms with van der Waals surface area (Å²) in [5, 5.41) is 7.80. The number of hydrogen-bond donors (Lipinski definition) is 1. The third-order valence-corrected chi connectivity index (χ3v) is 4.51. The molecule has 26 heavy (non-hydrogen) atoms. The van der Waals surface area contributed by atoms with Gasteiger partial charge in [0.05, 0.1) is 5.54 Å². The van der Waals surface area contributed by atoms with Crippen molar-refractivity contribution < 1.29 is 4.79 Å². The number of hydrogen-bond acceptors (Lipinski definition) is 5. The number of carbonyl (C=O) groups is 1. The summed E-state index contributed by atoms with van der Waals surface area (Å²) < 4.78 is 6.23. The van der Waals surface area contributed by atoms with Crippen LogP contribution in [-0.2, 0) is 5.54 Å². The lowest BCUT2D eigenvalue weighted by molar-refractivity contribution is 0.102. The highest BCUT2D eigenvalue weighted by molar-refractivity contribution is 7.10. The van der Waals surface area contributed by atoms with Gasteiger partial charge in [0.15, 0.2) is 11.5 Å². The average Bonchev–Trinajstić information content (AvgIpc) is 3.22. The van der Waals surface area contributed by atoms with E-state index in [-0.39, 0.29) is 17.4 Å². The van der Waals surface area contributed by atoms with Gasteiger partial charge in [-0.1, -0.05) is 44.2 Å². The zero-order valence-corrected chi connectivity index (χ0v) is 16.5. The molecule has 1 amide bonds. The molecule has 0 unspecified atom stereocenters. The van der Waals surface area contributed by atoms with Crippen molar-refractivity contribution >= 4 is 22.6 Å². The first-order valence-electron chi connectivity index (χ1n) is 8.56. The second-order valence-corrected chi connectivity index (χ2v) is 8.19. The number of amides is 1. The molecule has 0 aliphatic heterocycles. The van der Waals surface area contributed by atoms with E-state index >= 15 is 0 Å². The van der Waals surface area contributed by atoms with Crippen molar-refractivity contribution in [3.8, 4) is 11.4 Å². The Labute approximate surface area is 157 Å². The Balaban J connectivity index is 1.82. The Morgan fingerprint density at radius 3 is 2.46 bits per heavy atom. The zero-order valence-electron chi connectivity index (χ0n) is 15.6. The average molecular weight is 369 g/mol. The molecule has 1 aromatic carbocycles. The van der Waals surface area contributed by atoms with Crippen LogP contribution in [0.1, 0.15) is 56.7 Å². The molecule has 0 saturated heterocycles. The van der Waals surface area contributed by atoms with Crippen molar-refractivity contribution in [2.75, 3.05) is 5.32 Å². The van der Waals surface area contributed by atoms with Gasteiger partial charge in [-0.3, -0.25) is 14.8 Å². The predicted molar refractivity (Wildman–Crippen MR) is 105 cm³/mol. The summed E-state index contributed by atoms with van der Waals surface area (Å²) >= 11 is 1.16. The first-order chi connectivity index (χ1) is 12.3. The quantitative estimate of drug-likeness (QED) is 0.733. The number of nitrogens with zero attached hydrogens (tertiary/aromatic N) is 4. The van der Waals surface area contributed by atoms with Gasteiger partial charge >= 0.3 is 0 Å². The molecule has 0 bridgehead atoms. The molecule has 7 heteroatoms. The monoisotopic (exact) mass is 369 g/mol. The van der Waals surface area contributed by atoms with Gasteiger partial charge in [0.2, 0.25) is 5.13 Å². The molecular weight excluding hydrogens is 346 g/mol. The van der Waals surface area contributed by atoms with Gasteiger partial charge in [0.25, 0.3) is 5.91 Å². The van der Waals surface area contributed by atoms with E-state index in [4.69, 9.17) is 0 Å². The molecule has 0 aliphatic rings. The summed E-state index contributed by atoms with van der Waals surface area (Å²) in [5.41, 5.74) is 2.15. The van der Waals surface area contributed by atoms with Crippen LogP contribution >= 0.6 is 11.5 Å². The molecule has 3 aromatic rings. The van der Waals surface area contributed by atoms with Crippen molar-refractivity contribution in [3.05, 3.63) is 47.8 Å². The van der Waals surface area contributed by atoms with Gasteiger partial charge in [-0.25, -0.2) is 0 Å². The smallest absolute Gasteiger partial charge is 0.277 e. The maximum Gasteiger partial charge on any atom is 0.277 e. The van der Waals surface area contributed by atoms with Crippen molar-refractivity contribution in [1.82, 2.24) is 19.1 Å². The van der Waals surface area contributed by atoms with Crippen LogP contribution in [0.15, 0.2) is 36.4 Å². The predicted octanol–water partition coefficient (Wildman–Crippen LogP) is 4.53. The SMILES string of the molecule is CC(C)c1cc(C(=O)Nc2nc(-c3ccccc3)ns2)nn1C(C)(C)C. The van der Waals surface area contributed by atoms with E-state index in [2.05, 4.69) is 54.4 Å². The lowest BCUT2D eigenvalue weighted by atomic mass is 10.1. The third-order valence-electron chi connectivity index (χ3n) is 3.87. The number of anilines is 1. The highest BCUT2D eigenvalue weighted by atomic mass is 32.1. The van der Waals surface area contributed by atoms with E-state index in [0.717, 1.165) is 22.8 Å². The maximum atomic E-state index is 12.6. The van der Waals surface area contributed by atoms with Crippen LogP contribution in [0.3, 0.4) is 0 Å². The fourth-order valence-electron chi connectivity index (χ4n) is 2.59. The minimum absolute atomic E-state index is 0.193. The largest absolute Gasteiger partial charge is 0.295 e. The van der Waals surface area contributed by atoms with Crippen LogP contribution in [0.4, 0.5) is 5.13 Å². The van der Waals surface area contributed by atoms with Gasteiger partial charge in [0.1, 0.15) is 0 Å². The maximum absolute atomic E-state index is 12.6. The Bertz CT molecular complexity index is 906. The van der Waals surface area contributed by atoms with Crippen molar-refractivity contribution in [3.63, 3.8) is 0 Å². The third kappa shape index (κ3) is 3.83. The Morgan fingerprint density at radius 1 is 1.19 bits per heavy atom. The van der Waals surface area contributed by atoms with Gasteiger partial charge in [-0.15, -0.1) is 0 Å². The summed E-state index contributed by atoms with van der Waals surface area (Å²) in [4.78, 5) is 17.0. The summed E-state index contributed by atoms with van der Waals surface area (Å²) in [7, 11) is 0. The molecule has 1 N–H and O–H groups in total. The van der Waals surface area contributed by atoms with Gasteiger partial charge in [-0.2, -0.15) is 14.5 Å². The summed E-state index contributed by atoms with van der Waals surface area (Å²) in [6.45, 7) is 10.4. The normalized spacial score (nSPS) is 11.8. The fraction of sp³-hybridized carbons (Fsp3) is 0.368. The molecule has 0 atom stereocenters. The minimum Gasteiger partial charge on any atom is -0.295 e. The van der Waals surface area contributed by atoms with Crippen LogP contribution in [0.2, 0.25) is 0 Å². The summed E-state index contributed by atoms with van der Waals surface area (Å²) in [6.07, 6.45) is 0. The second kappa shape index (κ2) is 6.99. The second-order valence-electron chi connectivity index (χ2n) is 7.44. The van der Waals surface area contributed by atoms with Crippen molar-refractivity contribution in [2.24, 2.45) is 0 Å². The van der Waals surface area contributed by atoms with E-state index in [0.29, 0.717) is 16.6 Å². The molecular formula is C19H23N5OS. The fourth-order valence-corrected chi connectivity index (χ4v) is 3.18. The zero-order chi connectivity index (χ0) is 18.9. The van der Waals surface area contributed by atoms with Crippen LogP contribution < -0.4 is 5.32 Å². The van der Waals surface area contributed by atoms with Crippen molar-refractivity contribution in [1.29, 1.82) is 0 Å². The van der Waals surface area contributed by atoms with E-state index in [1.807, 2.05) is 41.1 Å². The first kappa shape index (κ1) is 18.3. The molecule has 0 fully saturated rings. The first-order valence-corrected chi connectivity index (χ1v) is 9.34. The highest BCUT2D eigenvalue weighted by Crippen LogP contribution is 2.25. The van der Waals surface area contributed by atoms with Crippen LogP contribution in [-0.4, -0.2) is 25.0 Å². The molecule has 2 aromatic heterocycles. The summed E-state index contributed by atoms with van der Waals surface area (Å²) in [6, 6.07) is 11.5. The van der Waals surface area contributed by atoms with Crippen molar-refractivity contribution in [2.45, 2.75) is 46.1 Å². The topological polar surface area (TPSA) is 72.7 Å². The van der Waals surface area contributed by atoms with E-state index in [9.17, 15) is 4.79 Å². The molecule has 0 saturated carbocycles. The minimum atomic E-state index is -0.273. The van der Waals surface area contributed by atoms with E-state index < -0.39 is 0 Å². The molecule has 2 heterocycles. The van der Waals surface area contributed by atoms with E-state index in [1.54, 1.807) is 0 Å². The van der Waals surface area contributed by atoms with Crippen LogP contribution in [0.25, 0.3) is 11.4 Å². The van der Waals surface area contributed by atoms with Gasteiger partial charge in [0, 0.05) is 22.8 Å². The Kier molecular flexibility index (Phi) is 4.91. The standard InChI is InChI=1S/C19H23N5OS/c1-12(2)15-11-14(22-24(15)19(3,4)5)17(25)21-18-20-16(23-26-18)13-9-7-6-8-10-13/h6-12H,1-5H3,(H,20,21,23,25). The molecule has 0 aliphatic carbocycles. The lowest BCUT2D eigenvalue weighted by Gasteiger charge is -2.23. The van der Waals surface area contributed by atoms with Gasteiger partial charge in [-0.05, 0) is 32.8 Å². The highest BCUT2D eigenvalue weighted by Gasteiger charge is 2.24. The molecule has 6 nitrogen and oxygen atoms in total. The number of rotatable bonds is 4. The van der Waals surface area contributed by atoms with Gasteiger partial charge < -0.3 is 0 Å². The van der Waals surface area contributed by atoms with Crippen LogP contribution in [0.5, 0.6) is 0 Å². The molecule has 0 spiro atoms. The molecule has 136 valence electrons. The number of nitrogens with one attached hydrogen (secondary N) is 1.